The lowest BCUT2D eigenvalue weighted by molar-refractivity contribution is 0.179. The molecule has 0 unspecified atom stereocenters. The summed E-state index contributed by atoms with van der Waals surface area (Å²) in [5.41, 5.74) is 1.16. The molecule has 0 amide bonds. The second-order valence-electron chi connectivity index (χ2n) is 5.88. The minimum atomic E-state index is 0.651. The van der Waals surface area contributed by atoms with E-state index in [2.05, 4.69) is 19.2 Å². The average molecular weight is 282 g/mol. The molecule has 1 aliphatic rings. The van der Waals surface area contributed by atoms with Crippen molar-refractivity contribution in [2.24, 2.45) is 11.8 Å². The summed E-state index contributed by atoms with van der Waals surface area (Å²) in [7, 11) is 0. The molecule has 1 aliphatic carbocycles. The van der Waals surface area contributed by atoms with Gasteiger partial charge in [-0.3, -0.25) is 0 Å². The van der Waals surface area contributed by atoms with Gasteiger partial charge < -0.3 is 10.1 Å². The topological polar surface area (TPSA) is 21.3 Å². The van der Waals surface area contributed by atoms with Crippen molar-refractivity contribution in [1.82, 2.24) is 5.32 Å². The molecule has 0 atom stereocenters. The third-order valence-corrected chi connectivity index (χ3v) is 3.82. The van der Waals surface area contributed by atoms with Gasteiger partial charge in [0.2, 0.25) is 0 Å². The van der Waals surface area contributed by atoms with Gasteiger partial charge in [-0.2, -0.15) is 0 Å². The smallest absolute Gasteiger partial charge is 0.123 e. The molecule has 0 bridgehead atoms. The number of rotatable bonds is 7. The predicted molar refractivity (Wildman–Crippen MR) is 80.8 cm³/mol. The van der Waals surface area contributed by atoms with Crippen molar-refractivity contribution in [3.63, 3.8) is 0 Å². The van der Waals surface area contributed by atoms with Gasteiger partial charge in [-0.05, 0) is 49.4 Å². The molecule has 1 N–H and O–H groups in total. The Balaban J connectivity index is 1.91. The summed E-state index contributed by atoms with van der Waals surface area (Å²) in [5, 5.41) is 4.22. The number of benzene rings is 1. The fraction of sp³-hybridized carbons (Fsp3) is 0.625. The fourth-order valence-electron chi connectivity index (χ4n) is 2.19. The summed E-state index contributed by atoms with van der Waals surface area (Å²) in [6.07, 6.45) is 3.99. The zero-order valence-corrected chi connectivity index (χ0v) is 12.7. The van der Waals surface area contributed by atoms with E-state index in [1.807, 2.05) is 18.2 Å². The van der Waals surface area contributed by atoms with Crippen molar-refractivity contribution in [1.29, 1.82) is 0 Å². The Hall–Kier alpha value is -0.730. The number of ether oxygens (including phenoxy) is 1. The van der Waals surface area contributed by atoms with E-state index in [1.54, 1.807) is 0 Å². The summed E-state index contributed by atoms with van der Waals surface area (Å²) >= 11 is 6.08. The average Bonchev–Trinajstić information content (AvgIpc) is 2.29. The maximum atomic E-state index is 6.08. The maximum Gasteiger partial charge on any atom is 0.123 e. The van der Waals surface area contributed by atoms with Crippen LogP contribution in [-0.4, -0.2) is 13.2 Å². The van der Waals surface area contributed by atoms with Gasteiger partial charge in [0.15, 0.2) is 0 Å². The maximum absolute atomic E-state index is 6.08. The summed E-state index contributed by atoms with van der Waals surface area (Å²) in [5.74, 6) is 2.39. The third kappa shape index (κ3) is 4.70. The number of nitrogens with one attached hydrogen (secondary N) is 1. The van der Waals surface area contributed by atoms with Crippen LogP contribution in [0.25, 0.3) is 0 Å². The van der Waals surface area contributed by atoms with E-state index in [1.165, 1.54) is 19.3 Å². The lowest BCUT2D eigenvalue weighted by Crippen LogP contribution is -2.21. The van der Waals surface area contributed by atoms with Gasteiger partial charge in [-0.15, -0.1) is 0 Å². The summed E-state index contributed by atoms with van der Waals surface area (Å²) in [4.78, 5) is 0. The molecule has 0 aliphatic heterocycles. The molecule has 3 heteroatoms. The van der Waals surface area contributed by atoms with Crippen molar-refractivity contribution in [3.8, 4) is 5.75 Å². The lowest BCUT2D eigenvalue weighted by Gasteiger charge is -2.25. The van der Waals surface area contributed by atoms with Gasteiger partial charge in [0.1, 0.15) is 5.75 Å². The molecule has 0 spiro atoms. The van der Waals surface area contributed by atoms with E-state index < -0.39 is 0 Å². The van der Waals surface area contributed by atoms with Crippen molar-refractivity contribution in [2.75, 3.05) is 13.2 Å². The van der Waals surface area contributed by atoms with E-state index in [9.17, 15) is 0 Å². The highest BCUT2D eigenvalue weighted by atomic mass is 35.5. The first-order chi connectivity index (χ1) is 9.15. The molecule has 2 rings (SSSR count). The Bertz CT molecular complexity index is 402. The highest BCUT2D eigenvalue weighted by molar-refractivity contribution is 6.30. The first-order valence-electron chi connectivity index (χ1n) is 7.27. The van der Waals surface area contributed by atoms with Crippen molar-refractivity contribution >= 4 is 11.6 Å². The molecule has 0 radical (unpaired) electrons. The third-order valence-electron chi connectivity index (χ3n) is 3.59. The van der Waals surface area contributed by atoms with Gasteiger partial charge in [-0.1, -0.05) is 31.9 Å². The molecule has 0 heterocycles. The lowest BCUT2D eigenvalue weighted by atomic mass is 9.86. The standard InChI is InChI=1S/C16H24ClNO/c1-12(2)9-18-10-14-8-15(17)6-7-16(14)19-11-13-4-3-5-13/h6-8,12-13,18H,3-5,9-11H2,1-2H3. The van der Waals surface area contributed by atoms with Crippen molar-refractivity contribution < 1.29 is 4.74 Å². The second-order valence-corrected chi connectivity index (χ2v) is 6.32. The molecule has 0 saturated heterocycles. The summed E-state index contributed by atoms with van der Waals surface area (Å²) in [6.45, 7) is 7.09. The molecule has 1 aromatic rings. The molecular formula is C16H24ClNO. The van der Waals surface area contributed by atoms with Crippen LogP contribution in [0.15, 0.2) is 18.2 Å². The van der Waals surface area contributed by atoms with Crippen LogP contribution < -0.4 is 10.1 Å². The molecule has 1 saturated carbocycles. The Kier molecular flexibility index (Phi) is 5.53. The SMILES string of the molecule is CC(C)CNCc1cc(Cl)ccc1OCC1CCC1. The molecule has 2 nitrogen and oxygen atoms in total. The molecule has 19 heavy (non-hydrogen) atoms. The van der Waals surface area contributed by atoms with Gasteiger partial charge in [0.25, 0.3) is 0 Å². The summed E-state index contributed by atoms with van der Waals surface area (Å²) in [6, 6.07) is 5.90. The van der Waals surface area contributed by atoms with Crippen molar-refractivity contribution in [3.05, 3.63) is 28.8 Å². The van der Waals surface area contributed by atoms with E-state index in [0.29, 0.717) is 5.92 Å². The largest absolute Gasteiger partial charge is 0.493 e. The van der Waals surface area contributed by atoms with Gasteiger partial charge in [-0.25, -0.2) is 0 Å². The van der Waals surface area contributed by atoms with Crippen LogP contribution in [0.4, 0.5) is 0 Å². The van der Waals surface area contributed by atoms with Crippen LogP contribution in [0.3, 0.4) is 0 Å². The molecule has 0 aromatic heterocycles. The zero-order valence-electron chi connectivity index (χ0n) is 11.9. The van der Waals surface area contributed by atoms with E-state index in [-0.39, 0.29) is 0 Å². The van der Waals surface area contributed by atoms with Crippen LogP contribution in [-0.2, 0) is 6.54 Å². The number of hydrogen-bond acceptors (Lipinski definition) is 2. The fourth-order valence-corrected chi connectivity index (χ4v) is 2.38. The molecule has 1 aromatic carbocycles. The molecule has 106 valence electrons. The van der Waals surface area contributed by atoms with Gasteiger partial charge >= 0.3 is 0 Å². The normalized spacial score (nSPS) is 15.6. The molecular weight excluding hydrogens is 258 g/mol. The monoisotopic (exact) mass is 281 g/mol. The van der Waals surface area contributed by atoms with Crippen LogP contribution >= 0.6 is 11.6 Å². The predicted octanol–water partition coefficient (Wildman–Crippen LogP) is 4.26. The van der Waals surface area contributed by atoms with Crippen LogP contribution in [0.5, 0.6) is 5.75 Å². The Labute approximate surface area is 121 Å². The Morgan fingerprint density at radius 1 is 1.37 bits per heavy atom. The first kappa shape index (κ1) is 14.7. The zero-order chi connectivity index (χ0) is 13.7. The summed E-state index contributed by atoms with van der Waals surface area (Å²) < 4.78 is 5.95. The van der Waals surface area contributed by atoms with Crippen LogP contribution in [0.2, 0.25) is 5.02 Å². The first-order valence-corrected chi connectivity index (χ1v) is 7.65. The van der Waals surface area contributed by atoms with Crippen LogP contribution in [0, 0.1) is 11.8 Å². The second kappa shape index (κ2) is 7.16. The minimum Gasteiger partial charge on any atom is -0.493 e. The number of halogens is 1. The van der Waals surface area contributed by atoms with Gasteiger partial charge in [0.05, 0.1) is 6.61 Å². The minimum absolute atomic E-state index is 0.651. The van der Waals surface area contributed by atoms with E-state index >= 15 is 0 Å². The van der Waals surface area contributed by atoms with Crippen molar-refractivity contribution in [2.45, 2.75) is 39.7 Å². The van der Waals surface area contributed by atoms with Gasteiger partial charge in [0, 0.05) is 17.1 Å². The van der Waals surface area contributed by atoms with E-state index in [0.717, 1.165) is 41.9 Å². The van der Waals surface area contributed by atoms with E-state index in [4.69, 9.17) is 16.3 Å². The highest BCUT2D eigenvalue weighted by Crippen LogP contribution is 2.29. The Morgan fingerprint density at radius 3 is 2.79 bits per heavy atom. The highest BCUT2D eigenvalue weighted by Gasteiger charge is 2.18. The molecule has 1 fully saturated rings. The van der Waals surface area contributed by atoms with Crippen LogP contribution in [0.1, 0.15) is 38.7 Å². The Morgan fingerprint density at radius 2 is 2.16 bits per heavy atom. The number of hydrogen-bond donors (Lipinski definition) is 1. The quantitative estimate of drug-likeness (QED) is 0.806.